The zero-order chi connectivity index (χ0) is 9.42. The molecule has 0 bridgehead atoms. The predicted molar refractivity (Wildman–Crippen MR) is 66.0 cm³/mol. The molecule has 0 aliphatic carbocycles. The lowest BCUT2D eigenvalue weighted by Crippen LogP contribution is -1.69. The number of rotatable bonds is 1. The maximum atomic E-state index is 3.64. The van der Waals surface area contributed by atoms with E-state index in [0.717, 1.165) is 0 Å². The van der Waals surface area contributed by atoms with Gasteiger partial charge in [-0.2, -0.15) is 0 Å². The Morgan fingerprint density at radius 2 is 2.15 bits per heavy atom. The predicted octanol–water partition coefficient (Wildman–Crippen LogP) is 4.69. The van der Waals surface area contributed by atoms with Crippen LogP contribution in [0.25, 0.3) is 10.1 Å². The minimum absolute atomic E-state index is 1.25. The number of hydrogen-bond donors (Lipinski definition) is 0. The zero-order valence-electron chi connectivity index (χ0n) is 7.43. The second-order valence-electron chi connectivity index (χ2n) is 2.86. The molecular weight excluding hydrogens is 264 g/mol. The maximum absolute atomic E-state index is 3.64. The molecule has 0 saturated heterocycles. The fourth-order valence-electron chi connectivity index (χ4n) is 1.34. The van der Waals surface area contributed by atoms with Crippen LogP contribution in [0.5, 0.6) is 0 Å². The molecule has 13 heavy (non-hydrogen) atoms. The van der Waals surface area contributed by atoms with Crippen molar-refractivity contribution in [1.82, 2.24) is 0 Å². The lowest BCUT2D eigenvalue weighted by atomic mass is 10.2. The maximum Gasteiger partial charge on any atom is 0.0751 e. The van der Waals surface area contributed by atoms with Gasteiger partial charge in [0.05, 0.1) is 4.21 Å². The van der Waals surface area contributed by atoms with Crippen molar-refractivity contribution >= 4 is 49.1 Å². The summed E-state index contributed by atoms with van der Waals surface area (Å²) < 4.78 is 4.02. The molecule has 0 amide bonds. The van der Waals surface area contributed by atoms with E-state index in [-0.39, 0.29) is 0 Å². The van der Waals surface area contributed by atoms with E-state index in [1.807, 2.05) is 11.3 Å². The Kier molecular flexibility index (Phi) is 2.67. The van der Waals surface area contributed by atoms with Crippen LogP contribution in [-0.4, -0.2) is 6.26 Å². The fourth-order valence-corrected chi connectivity index (χ4v) is 4.30. The Hall–Kier alpha value is 0.01000. The minimum atomic E-state index is 1.25. The average molecular weight is 273 g/mol. The third-order valence-electron chi connectivity index (χ3n) is 2.01. The highest BCUT2D eigenvalue weighted by molar-refractivity contribution is 9.10. The van der Waals surface area contributed by atoms with Crippen molar-refractivity contribution in [2.45, 2.75) is 11.1 Å². The van der Waals surface area contributed by atoms with Crippen molar-refractivity contribution in [2.24, 2.45) is 0 Å². The largest absolute Gasteiger partial charge is 0.127 e. The van der Waals surface area contributed by atoms with Crippen LogP contribution in [0.2, 0.25) is 0 Å². The van der Waals surface area contributed by atoms with Crippen molar-refractivity contribution < 1.29 is 0 Å². The highest BCUT2D eigenvalue weighted by Gasteiger charge is 2.09. The summed E-state index contributed by atoms with van der Waals surface area (Å²) in [5, 5.41) is 1.34. The van der Waals surface area contributed by atoms with Crippen molar-refractivity contribution in [3.63, 3.8) is 0 Å². The van der Waals surface area contributed by atoms with Gasteiger partial charge >= 0.3 is 0 Å². The molecular formula is C10H9BrS2. The second-order valence-corrected chi connectivity index (χ2v) is 5.75. The number of thiophene rings is 1. The first-order valence-electron chi connectivity index (χ1n) is 3.95. The molecule has 68 valence electrons. The molecule has 0 saturated carbocycles. The van der Waals surface area contributed by atoms with Crippen LogP contribution in [0.4, 0.5) is 0 Å². The summed E-state index contributed by atoms with van der Waals surface area (Å²) in [6.07, 6.45) is 2.12. The summed E-state index contributed by atoms with van der Waals surface area (Å²) in [7, 11) is 0. The van der Waals surface area contributed by atoms with Gasteiger partial charge in [0.25, 0.3) is 0 Å². The van der Waals surface area contributed by atoms with E-state index in [1.54, 1.807) is 11.8 Å². The highest BCUT2D eigenvalue weighted by Crippen LogP contribution is 2.41. The van der Waals surface area contributed by atoms with Crippen LogP contribution < -0.4 is 0 Å². The second kappa shape index (κ2) is 3.64. The number of fused-ring (bicyclic) bond motifs is 1. The average Bonchev–Trinajstić information content (AvgIpc) is 2.45. The Morgan fingerprint density at radius 1 is 1.38 bits per heavy atom. The van der Waals surface area contributed by atoms with Crippen LogP contribution in [0.15, 0.2) is 26.9 Å². The lowest BCUT2D eigenvalue weighted by molar-refractivity contribution is 1.55. The Balaban J connectivity index is 2.83. The first-order chi connectivity index (χ1) is 6.24. The monoisotopic (exact) mass is 272 g/mol. The molecule has 0 unspecified atom stereocenters. The van der Waals surface area contributed by atoms with Crippen LogP contribution in [0.3, 0.4) is 0 Å². The van der Waals surface area contributed by atoms with Gasteiger partial charge < -0.3 is 0 Å². The van der Waals surface area contributed by atoms with Gasteiger partial charge in [0.1, 0.15) is 0 Å². The Bertz CT molecular complexity index is 445. The molecule has 0 N–H and O–H groups in total. The van der Waals surface area contributed by atoms with Crippen LogP contribution in [0.1, 0.15) is 5.56 Å². The molecule has 1 aromatic heterocycles. The molecule has 0 atom stereocenters. The molecule has 2 rings (SSSR count). The number of hydrogen-bond acceptors (Lipinski definition) is 2. The third kappa shape index (κ3) is 1.53. The molecule has 1 heterocycles. The van der Waals surface area contributed by atoms with Gasteiger partial charge in [-0.1, -0.05) is 18.2 Å². The van der Waals surface area contributed by atoms with E-state index in [9.17, 15) is 0 Å². The fraction of sp³-hybridized carbons (Fsp3) is 0.200. The number of thioether (sulfide) groups is 1. The van der Waals surface area contributed by atoms with E-state index in [2.05, 4.69) is 47.3 Å². The van der Waals surface area contributed by atoms with E-state index < -0.39 is 0 Å². The van der Waals surface area contributed by atoms with Crippen molar-refractivity contribution in [3.05, 3.63) is 28.2 Å². The van der Waals surface area contributed by atoms with Crippen LogP contribution in [-0.2, 0) is 0 Å². The zero-order valence-corrected chi connectivity index (χ0v) is 10.6. The topological polar surface area (TPSA) is 0 Å². The Labute approximate surface area is 94.5 Å². The summed E-state index contributed by atoms with van der Waals surface area (Å²) in [6.45, 7) is 2.16. The first-order valence-corrected chi connectivity index (χ1v) is 6.79. The van der Waals surface area contributed by atoms with Gasteiger partial charge in [-0.05, 0) is 34.7 Å². The third-order valence-corrected chi connectivity index (χ3v) is 5.82. The summed E-state index contributed by atoms with van der Waals surface area (Å²) >= 11 is 7.30. The van der Waals surface area contributed by atoms with Crippen LogP contribution >= 0.6 is 39.0 Å². The van der Waals surface area contributed by atoms with Crippen LogP contribution in [0, 0.1) is 6.92 Å². The molecule has 0 spiro atoms. The number of benzene rings is 1. The molecule has 2 aromatic rings. The molecule has 0 aliphatic rings. The molecule has 0 fully saturated rings. The van der Waals surface area contributed by atoms with Gasteiger partial charge in [0.15, 0.2) is 0 Å². The lowest BCUT2D eigenvalue weighted by Gasteiger charge is -1.93. The number of halogens is 1. The molecule has 3 heteroatoms. The number of aryl methyl sites for hydroxylation is 1. The van der Waals surface area contributed by atoms with Gasteiger partial charge in [0.2, 0.25) is 0 Å². The van der Waals surface area contributed by atoms with E-state index in [4.69, 9.17) is 0 Å². The summed E-state index contributed by atoms with van der Waals surface area (Å²) in [5.74, 6) is 0. The van der Waals surface area contributed by atoms with Gasteiger partial charge in [-0.25, -0.2) is 0 Å². The highest BCUT2D eigenvalue weighted by atomic mass is 79.9. The quantitative estimate of drug-likeness (QED) is 0.679. The summed E-state index contributed by atoms with van der Waals surface area (Å²) in [6, 6.07) is 6.44. The van der Waals surface area contributed by atoms with E-state index >= 15 is 0 Å². The normalized spacial score (nSPS) is 11.0. The van der Waals surface area contributed by atoms with Crippen molar-refractivity contribution in [1.29, 1.82) is 0 Å². The SMILES string of the molecule is CSc1sc2c(C)cccc2c1Br. The smallest absolute Gasteiger partial charge is 0.0751 e. The van der Waals surface area contributed by atoms with E-state index in [0.29, 0.717) is 0 Å². The Morgan fingerprint density at radius 3 is 2.77 bits per heavy atom. The van der Waals surface area contributed by atoms with E-state index in [1.165, 1.54) is 24.3 Å². The minimum Gasteiger partial charge on any atom is -0.127 e. The van der Waals surface area contributed by atoms with Gasteiger partial charge in [0, 0.05) is 14.6 Å². The molecule has 0 radical (unpaired) electrons. The summed E-state index contributed by atoms with van der Waals surface area (Å²) in [4.78, 5) is 0. The molecule has 0 aliphatic heterocycles. The first kappa shape index (κ1) is 9.56. The van der Waals surface area contributed by atoms with Gasteiger partial charge in [-0.3, -0.25) is 0 Å². The van der Waals surface area contributed by atoms with Gasteiger partial charge in [-0.15, -0.1) is 23.1 Å². The van der Waals surface area contributed by atoms with Crippen molar-refractivity contribution in [3.8, 4) is 0 Å². The van der Waals surface area contributed by atoms with Crippen molar-refractivity contribution in [2.75, 3.05) is 6.26 Å². The standard InChI is InChI=1S/C10H9BrS2/c1-6-4-3-5-7-8(11)10(12-2)13-9(6)7/h3-5H,1-2H3. The molecule has 1 aromatic carbocycles. The molecule has 0 nitrogen and oxygen atoms in total. The summed E-state index contributed by atoms with van der Waals surface area (Å²) in [5.41, 5.74) is 1.36.